The lowest BCUT2D eigenvalue weighted by molar-refractivity contribution is -0.139. The van der Waals surface area contributed by atoms with Gasteiger partial charge in [0.25, 0.3) is 0 Å². The third-order valence-corrected chi connectivity index (χ3v) is 5.00. The summed E-state index contributed by atoms with van der Waals surface area (Å²) in [5, 5.41) is 11.2. The van der Waals surface area contributed by atoms with E-state index in [9.17, 15) is 14.9 Å². The Kier molecular flexibility index (Phi) is 8.12. The van der Waals surface area contributed by atoms with Crippen LogP contribution < -0.4 is 0 Å². The van der Waals surface area contributed by atoms with Crippen molar-refractivity contribution in [1.82, 2.24) is 9.55 Å². The average molecular weight is 417 g/mol. The van der Waals surface area contributed by atoms with Crippen LogP contribution in [0.2, 0.25) is 0 Å². The molecule has 2 rings (SSSR count). The van der Waals surface area contributed by atoms with Gasteiger partial charge < -0.3 is 18.8 Å². The van der Waals surface area contributed by atoms with Gasteiger partial charge in [0.1, 0.15) is 18.2 Å². The first-order valence-electron chi connectivity index (χ1n) is 8.97. The molecule has 154 valence electrons. The Bertz CT molecular complexity index is 952. The van der Waals surface area contributed by atoms with Crippen molar-refractivity contribution >= 4 is 29.4 Å². The van der Waals surface area contributed by atoms with Crippen LogP contribution in [0.5, 0.6) is 0 Å². The highest BCUT2D eigenvalue weighted by atomic mass is 32.1. The second kappa shape index (κ2) is 10.5. The van der Waals surface area contributed by atoms with E-state index in [0.717, 1.165) is 28.3 Å². The number of rotatable bonds is 9. The molecule has 0 unspecified atom stereocenters. The molecule has 2 heterocycles. The summed E-state index contributed by atoms with van der Waals surface area (Å²) in [5.41, 5.74) is 3.01. The minimum atomic E-state index is -0.750. The van der Waals surface area contributed by atoms with E-state index in [4.69, 9.17) is 14.2 Å². The van der Waals surface area contributed by atoms with Crippen LogP contribution in [0.1, 0.15) is 39.4 Å². The van der Waals surface area contributed by atoms with Gasteiger partial charge in [0.15, 0.2) is 0 Å². The van der Waals surface area contributed by atoms with E-state index in [1.165, 1.54) is 6.08 Å². The fraction of sp³-hybridized carbons (Fsp3) is 0.400. The Morgan fingerprint density at radius 3 is 2.76 bits per heavy atom. The van der Waals surface area contributed by atoms with E-state index >= 15 is 0 Å². The molecule has 2 aromatic heterocycles. The maximum atomic E-state index is 12.3. The first kappa shape index (κ1) is 22.3. The van der Waals surface area contributed by atoms with Gasteiger partial charge >= 0.3 is 11.9 Å². The number of methoxy groups -OCH3 is 1. The van der Waals surface area contributed by atoms with Crippen LogP contribution in [-0.2, 0) is 32.2 Å². The highest BCUT2D eigenvalue weighted by Crippen LogP contribution is 2.19. The molecule has 0 atom stereocenters. The summed E-state index contributed by atoms with van der Waals surface area (Å²) in [6.07, 6.45) is 1.51. The van der Waals surface area contributed by atoms with Gasteiger partial charge in [-0.05, 0) is 38.5 Å². The number of nitrogens with zero attached hydrogens (tertiary/aromatic N) is 3. The van der Waals surface area contributed by atoms with Crippen molar-refractivity contribution in [1.29, 1.82) is 5.26 Å². The number of hydrogen-bond donors (Lipinski definition) is 0. The van der Waals surface area contributed by atoms with Crippen LogP contribution in [0.4, 0.5) is 0 Å². The van der Waals surface area contributed by atoms with Crippen molar-refractivity contribution in [3.63, 3.8) is 0 Å². The van der Waals surface area contributed by atoms with Crippen LogP contribution in [0.15, 0.2) is 17.0 Å². The second-order valence-corrected chi connectivity index (χ2v) is 6.94. The van der Waals surface area contributed by atoms with Gasteiger partial charge in [0.05, 0.1) is 18.9 Å². The Labute approximate surface area is 173 Å². The highest BCUT2D eigenvalue weighted by molar-refractivity contribution is 7.11. The van der Waals surface area contributed by atoms with Crippen molar-refractivity contribution in [3.8, 4) is 6.07 Å². The van der Waals surface area contributed by atoms with Gasteiger partial charge in [0, 0.05) is 30.4 Å². The predicted molar refractivity (Wildman–Crippen MR) is 107 cm³/mol. The average Bonchev–Trinajstić information content (AvgIpc) is 3.28. The van der Waals surface area contributed by atoms with E-state index in [1.54, 1.807) is 19.4 Å². The van der Waals surface area contributed by atoms with E-state index in [2.05, 4.69) is 9.55 Å². The van der Waals surface area contributed by atoms with Crippen LogP contribution in [-0.4, -0.2) is 41.8 Å². The van der Waals surface area contributed by atoms with Crippen molar-refractivity contribution in [2.75, 3.05) is 20.3 Å². The summed E-state index contributed by atoms with van der Waals surface area (Å²) in [4.78, 5) is 28.0. The van der Waals surface area contributed by atoms with Crippen molar-refractivity contribution in [3.05, 3.63) is 44.7 Å². The van der Waals surface area contributed by atoms with Gasteiger partial charge in [0.2, 0.25) is 5.01 Å². The van der Waals surface area contributed by atoms with Crippen LogP contribution >= 0.6 is 11.3 Å². The molecule has 0 aliphatic carbocycles. The Balaban J connectivity index is 2.08. The number of aryl methyl sites for hydroxylation is 1. The fourth-order valence-corrected chi connectivity index (χ4v) is 3.36. The smallest absolute Gasteiger partial charge is 0.367 e. The molecule has 0 amide bonds. The van der Waals surface area contributed by atoms with Gasteiger partial charge in [-0.15, -0.1) is 11.3 Å². The number of ether oxygens (including phenoxy) is 3. The van der Waals surface area contributed by atoms with Gasteiger partial charge in [-0.2, -0.15) is 5.26 Å². The maximum absolute atomic E-state index is 12.3. The van der Waals surface area contributed by atoms with Crippen molar-refractivity contribution in [2.45, 2.75) is 33.9 Å². The zero-order chi connectivity index (χ0) is 21.4. The molecule has 0 aliphatic heterocycles. The number of carbonyl (C=O) groups excluding carboxylic acids is 2. The molecular formula is C20H23N3O5S. The third-order valence-electron chi connectivity index (χ3n) is 4.12. The molecule has 0 spiro atoms. The van der Waals surface area contributed by atoms with Crippen molar-refractivity contribution in [2.24, 2.45) is 0 Å². The summed E-state index contributed by atoms with van der Waals surface area (Å²) in [6, 6.07) is 3.79. The summed E-state index contributed by atoms with van der Waals surface area (Å²) < 4.78 is 17.2. The Morgan fingerprint density at radius 2 is 2.10 bits per heavy atom. The van der Waals surface area contributed by atoms with E-state index in [-0.39, 0.29) is 23.8 Å². The largest absolute Gasteiger partial charge is 0.461 e. The second-order valence-electron chi connectivity index (χ2n) is 6.08. The number of nitriles is 1. The minimum absolute atomic E-state index is 0.113. The third kappa shape index (κ3) is 5.76. The molecule has 0 bridgehead atoms. The standard InChI is InChI=1S/C20H23N3O5S/c1-5-27-20(25)18-22-17(12-29-18)11-28-19(24)16(10-21)9-15-8-13(2)23(14(15)3)6-7-26-4/h8-9,12H,5-7,11H2,1-4H3. The molecule has 0 radical (unpaired) electrons. The molecule has 29 heavy (non-hydrogen) atoms. The Hall–Kier alpha value is -2.96. The van der Waals surface area contributed by atoms with Crippen LogP contribution in [0, 0.1) is 25.2 Å². The lowest BCUT2D eigenvalue weighted by Gasteiger charge is -2.08. The molecule has 9 heteroatoms. The SMILES string of the molecule is CCOC(=O)c1nc(COC(=O)C(C#N)=Cc2cc(C)n(CCOC)c2C)cs1. The predicted octanol–water partition coefficient (Wildman–Crippen LogP) is 3.03. The highest BCUT2D eigenvalue weighted by Gasteiger charge is 2.16. The molecule has 0 aromatic carbocycles. The summed E-state index contributed by atoms with van der Waals surface area (Å²) in [5.74, 6) is -1.27. The summed E-state index contributed by atoms with van der Waals surface area (Å²) in [6.45, 7) is 6.94. The Morgan fingerprint density at radius 1 is 1.34 bits per heavy atom. The normalized spacial score (nSPS) is 11.2. The number of carbonyl (C=O) groups is 2. The maximum Gasteiger partial charge on any atom is 0.367 e. The van der Waals surface area contributed by atoms with Crippen LogP contribution in [0.25, 0.3) is 6.08 Å². The number of hydrogen-bond acceptors (Lipinski definition) is 8. The van der Waals surface area contributed by atoms with Crippen LogP contribution in [0.3, 0.4) is 0 Å². The molecular weight excluding hydrogens is 394 g/mol. The van der Waals surface area contributed by atoms with E-state index in [1.807, 2.05) is 26.0 Å². The molecule has 0 saturated carbocycles. The topological polar surface area (TPSA) is 103 Å². The van der Waals surface area contributed by atoms with Gasteiger partial charge in [-0.1, -0.05) is 0 Å². The molecule has 8 nitrogen and oxygen atoms in total. The van der Waals surface area contributed by atoms with Gasteiger partial charge in [-0.25, -0.2) is 14.6 Å². The fourth-order valence-electron chi connectivity index (χ4n) is 2.67. The zero-order valence-corrected chi connectivity index (χ0v) is 17.7. The zero-order valence-electron chi connectivity index (χ0n) is 16.9. The monoisotopic (exact) mass is 417 g/mol. The molecule has 2 aromatic rings. The van der Waals surface area contributed by atoms with Crippen molar-refractivity contribution < 1.29 is 23.8 Å². The first-order chi connectivity index (χ1) is 13.9. The number of aromatic nitrogens is 2. The lowest BCUT2D eigenvalue weighted by Crippen LogP contribution is -2.09. The van der Waals surface area contributed by atoms with E-state index < -0.39 is 11.9 Å². The lowest BCUT2D eigenvalue weighted by atomic mass is 10.1. The quantitative estimate of drug-likeness (QED) is 0.351. The molecule has 0 fully saturated rings. The van der Waals surface area contributed by atoms with Gasteiger partial charge in [-0.3, -0.25) is 0 Å². The summed E-state index contributed by atoms with van der Waals surface area (Å²) in [7, 11) is 1.64. The van der Waals surface area contributed by atoms with E-state index in [0.29, 0.717) is 18.8 Å². The molecule has 0 aliphatic rings. The number of esters is 2. The molecule has 0 N–H and O–H groups in total. The number of thiazole rings is 1. The minimum Gasteiger partial charge on any atom is -0.461 e. The summed E-state index contributed by atoms with van der Waals surface area (Å²) >= 11 is 1.11. The molecule has 0 saturated heterocycles. The first-order valence-corrected chi connectivity index (χ1v) is 9.85.